The Bertz CT molecular complexity index is 556. The molecule has 0 aliphatic rings. The van der Waals surface area contributed by atoms with Gasteiger partial charge in [-0.25, -0.2) is 9.59 Å². The molecule has 3 N–H and O–H groups in total. The zero-order valence-electron chi connectivity index (χ0n) is 12.2. The highest BCUT2D eigenvalue weighted by Gasteiger charge is 2.18. The van der Waals surface area contributed by atoms with Gasteiger partial charge in [-0.3, -0.25) is 0 Å². The predicted molar refractivity (Wildman–Crippen MR) is 81.8 cm³/mol. The minimum atomic E-state index is -1.09. The average molecular weight is 328 g/mol. The number of hydrogen-bond acceptors (Lipinski definition) is 4. The third-order valence-electron chi connectivity index (χ3n) is 3.03. The van der Waals surface area contributed by atoms with E-state index in [0.717, 1.165) is 6.08 Å². The Kier molecular flexibility index (Phi) is 6.88. The summed E-state index contributed by atoms with van der Waals surface area (Å²) in [7, 11) is 0. The second kappa shape index (κ2) is 8.41. The molecule has 0 saturated carbocycles. The summed E-state index contributed by atoms with van der Waals surface area (Å²) in [6.07, 6.45) is -0.568. The van der Waals surface area contributed by atoms with Crippen LogP contribution in [0.2, 0.25) is 5.02 Å². The fourth-order valence-electron chi connectivity index (χ4n) is 1.66. The van der Waals surface area contributed by atoms with Crippen LogP contribution in [0.15, 0.2) is 35.9 Å². The van der Waals surface area contributed by atoms with Gasteiger partial charge in [0.2, 0.25) is 0 Å². The highest BCUT2D eigenvalue weighted by Crippen LogP contribution is 2.19. The molecule has 1 amide bonds. The molecule has 0 radical (unpaired) electrons. The van der Waals surface area contributed by atoms with Crippen LogP contribution >= 0.6 is 11.6 Å². The number of benzene rings is 1. The van der Waals surface area contributed by atoms with Gasteiger partial charge in [0.15, 0.2) is 6.10 Å². The molecule has 0 heterocycles. The van der Waals surface area contributed by atoms with E-state index in [1.54, 1.807) is 38.1 Å². The summed E-state index contributed by atoms with van der Waals surface area (Å²) in [5.41, 5.74) is 1.07. The average Bonchev–Trinajstić information content (AvgIpc) is 2.45. The van der Waals surface area contributed by atoms with Crippen LogP contribution in [0, 0.1) is 0 Å². The first-order valence-electron chi connectivity index (χ1n) is 6.58. The molecule has 0 fully saturated rings. The SMILES string of the molecule is C/C(=C\C(=O)O)C(C)NC(=O)OC(CO)c1ccc(Cl)cc1. The van der Waals surface area contributed by atoms with Crippen molar-refractivity contribution in [1.29, 1.82) is 0 Å². The molecule has 120 valence electrons. The Balaban J connectivity index is 2.66. The number of alkyl carbamates (subject to hydrolysis) is 1. The van der Waals surface area contributed by atoms with Crippen LogP contribution in [0.25, 0.3) is 0 Å². The number of ether oxygens (including phenoxy) is 1. The molecule has 2 atom stereocenters. The van der Waals surface area contributed by atoms with E-state index in [1.807, 2.05) is 0 Å². The molecule has 7 heteroatoms. The number of amides is 1. The zero-order chi connectivity index (χ0) is 16.7. The minimum absolute atomic E-state index is 0.382. The van der Waals surface area contributed by atoms with Crippen molar-refractivity contribution in [1.82, 2.24) is 5.32 Å². The highest BCUT2D eigenvalue weighted by atomic mass is 35.5. The monoisotopic (exact) mass is 327 g/mol. The molecule has 6 nitrogen and oxygen atoms in total. The molecule has 22 heavy (non-hydrogen) atoms. The van der Waals surface area contributed by atoms with Crippen molar-refractivity contribution in [3.63, 3.8) is 0 Å². The van der Waals surface area contributed by atoms with E-state index in [4.69, 9.17) is 21.4 Å². The Morgan fingerprint density at radius 1 is 1.36 bits per heavy atom. The number of aliphatic carboxylic acids is 1. The summed E-state index contributed by atoms with van der Waals surface area (Å²) >= 11 is 5.77. The predicted octanol–water partition coefficient (Wildman–Crippen LogP) is 2.52. The lowest BCUT2D eigenvalue weighted by Crippen LogP contribution is -2.35. The molecular weight excluding hydrogens is 310 g/mol. The third kappa shape index (κ3) is 5.75. The maximum Gasteiger partial charge on any atom is 0.408 e. The molecule has 0 aliphatic heterocycles. The van der Waals surface area contributed by atoms with Gasteiger partial charge < -0.3 is 20.3 Å². The third-order valence-corrected chi connectivity index (χ3v) is 3.28. The minimum Gasteiger partial charge on any atom is -0.478 e. The Hall–Kier alpha value is -2.05. The second-order valence-corrected chi connectivity index (χ2v) is 5.16. The van der Waals surface area contributed by atoms with Crippen molar-refractivity contribution in [2.75, 3.05) is 6.61 Å². The van der Waals surface area contributed by atoms with Crippen molar-refractivity contribution in [2.45, 2.75) is 26.0 Å². The summed E-state index contributed by atoms with van der Waals surface area (Å²) in [4.78, 5) is 22.4. The summed E-state index contributed by atoms with van der Waals surface area (Å²) in [6, 6.07) is 6.05. The number of carbonyl (C=O) groups excluding carboxylic acids is 1. The van der Waals surface area contributed by atoms with Gasteiger partial charge in [0, 0.05) is 11.1 Å². The maximum atomic E-state index is 11.8. The van der Waals surface area contributed by atoms with Crippen molar-refractivity contribution in [2.24, 2.45) is 0 Å². The van der Waals surface area contributed by atoms with E-state index in [1.165, 1.54) is 0 Å². The molecule has 1 rings (SSSR count). The number of hydrogen-bond donors (Lipinski definition) is 3. The van der Waals surface area contributed by atoms with Crippen LogP contribution in [0.5, 0.6) is 0 Å². The molecular formula is C15H18ClNO5. The Morgan fingerprint density at radius 2 is 1.95 bits per heavy atom. The molecule has 1 aromatic rings. The molecule has 0 aliphatic carbocycles. The molecule has 2 unspecified atom stereocenters. The van der Waals surface area contributed by atoms with Gasteiger partial charge in [-0.1, -0.05) is 23.7 Å². The van der Waals surface area contributed by atoms with Gasteiger partial charge in [-0.2, -0.15) is 0 Å². The number of carboxylic acids is 1. The first-order chi connectivity index (χ1) is 10.3. The zero-order valence-corrected chi connectivity index (χ0v) is 13.0. The quantitative estimate of drug-likeness (QED) is 0.698. The smallest absolute Gasteiger partial charge is 0.408 e. The van der Waals surface area contributed by atoms with E-state index in [0.29, 0.717) is 16.2 Å². The lowest BCUT2D eigenvalue weighted by molar-refractivity contribution is -0.131. The normalized spacial score (nSPS) is 14.1. The molecule has 0 bridgehead atoms. The number of aliphatic hydroxyl groups excluding tert-OH is 1. The Morgan fingerprint density at radius 3 is 2.45 bits per heavy atom. The van der Waals surface area contributed by atoms with Gasteiger partial charge in [0.25, 0.3) is 0 Å². The number of aliphatic hydroxyl groups is 1. The summed E-state index contributed by atoms with van der Waals surface area (Å²) < 4.78 is 5.13. The number of rotatable bonds is 6. The van der Waals surface area contributed by atoms with Crippen LogP contribution < -0.4 is 5.32 Å². The molecule has 0 spiro atoms. The Labute approximate surface area is 133 Å². The number of carbonyl (C=O) groups is 2. The van der Waals surface area contributed by atoms with Crippen molar-refractivity contribution < 1.29 is 24.5 Å². The fourth-order valence-corrected chi connectivity index (χ4v) is 1.79. The molecule has 1 aromatic carbocycles. The molecule has 0 saturated heterocycles. The topological polar surface area (TPSA) is 95.9 Å². The second-order valence-electron chi connectivity index (χ2n) is 4.72. The van der Waals surface area contributed by atoms with E-state index < -0.39 is 24.2 Å². The highest BCUT2D eigenvalue weighted by molar-refractivity contribution is 6.30. The fraction of sp³-hybridized carbons (Fsp3) is 0.333. The van der Waals surface area contributed by atoms with E-state index in [-0.39, 0.29) is 6.61 Å². The van der Waals surface area contributed by atoms with Crippen LogP contribution in [0.1, 0.15) is 25.5 Å². The molecule has 0 aromatic heterocycles. The largest absolute Gasteiger partial charge is 0.478 e. The standard InChI is InChI=1S/C15H18ClNO5/c1-9(7-14(19)20)10(2)17-15(21)22-13(8-18)11-3-5-12(16)6-4-11/h3-7,10,13,18H,8H2,1-2H3,(H,17,21)(H,19,20)/b9-7+. The lowest BCUT2D eigenvalue weighted by atomic mass is 10.1. The van der Waals surface area contributed by atoms with Crippen LogP contribution in [0.3, 0.4) is 0 Å². The first-order valence-corrected chi connectivity index (χ1v) is 6.96. The van der Waals surface area contributed by atoms with Crippen LogP contribution in [0.4, 0.5) is 4.79 Å². The van der Waals surface area contributed by atoms with Gasteiger partial charge in [0.05, 0.1) is 12.6 Å². The van der Waals surface area contributed by atoms with Gasteiger partial charge in [-0.05, 0) is 37.1 Å². The van der Waals surface area contributed by atoms with E-state index >= 15 is 0 Å². The summed E-state index contributed by atoms with van der Waals surface area (Å²) in [5, 5.41) is 21.0. The maximum absolute atomic E-state index is 11.8. The van der Waals surface area contributed by atoms with Crippen molar-refractivity contribution in [3.05, 3.63) is 46.5 Å². The van der Waals surface area contributed by atoms with Crippen molar-refractivity contribution >= 4 is 23.7 Å². The summed E-state index contributed by atoms with van der Waals surface area (Å²) in [6.45, 7) is 2.83. The van der Waals surface area contributed by atoms with E-state index in [9.17, 15) is 14.7 Å². The van der Waals surface area contributed by atoms with Crippen LogP contribution in [-0.4, -0.2) is 34.9 Å². The van der Waals surface area contributed by atoms with Gasteiger partial charge in [0.1, 0.15) is 0 Å². The van der Waals surface area contributed by atoms with E-state index in [2.05, 4.69) is 5.32 Å². The number of nitrogens with one attached hydrogen (secondary N) is 1. The summed E-state index contributed by atoms with van der Waals surface area (Å²) in [5.74, 6) is -1.09. The lowest BCUT2D eigenvalue weighted by Gasteiger charge is -2.19. The van der Waals surface area contributed by atoms with Crippen LogP contribution in [-0.2, 0) is 9.53 Å². The number of carboxylic acid groups (broad SMARTS) is 1. The number of halogens is 1. The van der Waals surface area contributed by atoms with Crippen molar-refractivity contribution in [3.8, 4) is 0 Å². The van der Waals surface area contributed by atoms with Gasteiger partial charge >= 0.3 is 12.1 Å². The first kappa shape index (κ1) is 18.0. The van der Waals surface area contributed by atoms with Gasteiger partial charge in [-0.15, -0.1) is 0 Å².